The van der Waals surface area contributed by atoms with E-state index in [1.165, 1.54) is 11.3 Å². The molecule has 1 aliphatic rings. The third kappa shape index (κ3) is 2.64. The molecule has 0 saturated heterocycles. The molecule has 1 aromatic heterocycles. The van der Waals surface area contributed by atoms with E-state index in [2.05, 4.69) is 10.3 Å². The van der Waals surface area contributed by atoms with Gasteiger partial charge in [0.05, 0.1) is 24.0 Å². The Morgan fingerprint density at radius 3 is 2.60 bits per heavy atom. The summed E-state index contributed by atoms with van der Waals surface area (Å²) in [5.74, 6) is -3.07. The number of hydrogen-bond donors (Lipinski definition) is 3. The van der Waals surface area contributed by atoms with Crippen LogP contribution in [0.3, 0.4) is 0 Å². The van der Waals surface area contributed by atoms with Gasteiger partial charge in [-0.25, -0.2) is 4.98 Å². The number of carboxylic acid groups (broad SMARTS) is 1. The highest BCUT2D eigenvalue weighted by molar-refractivity contribution is 7.13. The Morgan fingerprint density at radius 1 is 1.45 bits per heavy atom. The number of carbonyl (C=O) groups excluding carboxylic acids is 2. The zero-order chi connectivity index (χ0) is 15.1. The van der Waals surface area contributed by atoms with E-state index in [1.807, 2.05) is 0 Å². The molecule has 1 aliphatic carbocycles. The third-order valence-electron chi connectivity index (χ3n) is 3.51. The maximum atomic E-state index is 12.0. The minimum atomic E-state index is -0.969. The van der Waals surface area contributed by atoms with Gasteiger partial charge in [-0.2, -0.15) is 0 Å². The fraction of sp³-hybridized carbons (Fsp3) is 0.500. The number of hydrogen-bond acceptors (Lipinski definition) is 5. The topological polar surface area (TPSA) is 122 Å². The van der Waals surface area contributed by atoms with Gasteiger partial charge in [0.15, 0.2) is 5.13 Å². The van der Waals surface area contributed by atoms with Crippen LogP contribution < -0.4 is 11.1 Å². The number of nitrogens with zero attached hydrogens (tertiary/aromatic N) is 1. The summed E-state index contributed by atoms with van der Waals surface area (Å²) in [6.07, 6.45) is 0.0129. The second kappa shape index (κ2) is 4.86. The van der Waals surface area contributed by atoms with Crippen molar-refractivity contribution in [3.05, 3.63) is 11.1 Å². The van der Waals surface area contributed by atoms with Crippen molar-refractivity contribution in [2.45, 2.75) is 20.3 Å². The van der Waals surface area contributed by atoms with Crippen LogP contribution in [0.4, 0.5) is 5.13 Å². The molecule has 2 amide bonds. The molecule has 0 aromatic carbocycles. The first kappa shape index (κ1) is 14.4. The van der Waals surface area contributed by atoms with Crippen LogP contribution in [0.2, 0.25) is 0 Å². The van der Waals surface area contributed by atoms with Crippen molar-refractivity contribution in [2.75, 3.05) is 5.32 Å². The van der Waals surface area contributed by atoms with Gasteiger partial charge in [0.1, 0.15) is 0 Å². The summed E-state index contributed by atoms with van der Waals surface area (Å²) in [4.78, 5) is 37.9. The van der Waals surface area contributed by atoms with Crippen molar-refractivity contribution in [3.63, 3.8) is 0 Å². The van der Waals surface area contributed by atoms with Gasteiger partial charge < -0.3 is 16.2 Å². The molecule has 0 spiro atoms. The van der Waals surface area contributed by atoms with Crippen LogP contribution in [-0.2, 0) is 20.8 Å². The molecular formula is C12H15N3O4S. The molecule has 2 unspecified atom stereocenters. The Labute approximate surface area is 119 Å². The summed E-state index contributed by atoms with van der Waals surface area (Å²) in [6, 6.07) is 0. The molecule has 8 heteroatoms. The van der Waals surface area contributed by atoms with Crippen molar-refractivity contribution in [1.82, 2.24) is 4.98 Å². The van der Waals surface area contributed by atoms with Gasteiger partial charge in [-0.3, -0.25) is 14.4 Å². The highest BCUT2D eigenvalue weighted by atomic mass is 32.1. The first-order chi connectivity index (χ1) is 9.23. The van der Waals surface area contributed by atoms with Gasteiger partial charge in [0.2, 0.25) is 11.8 Å². The maximum absolute atomic E-state index is 12.0. The molecule has 2 atom stereocenters. The number of nitrogens with two attached hydrogens (primary N) is 1. The summed E-state index contributed by atoms with van der Waals surface area (Å²) < 4.78 is 0. The average Bonchev–Trinajstić information content (AvgIpc) is 2.63. The lowest BCUT2D eigenvalue weighted by Gasteiger charge is -2.02. The van der Waals surface area contributed by atoms with E-state index in [0.717, 1.165) is 0 Å². The van der Waals surface area contributed by atoms with Crippen LogP contribution in [0.1, 0.15) is 19.5 Å². The number of aliphatic carboxylic acids is 1. The molecule has 108 valence electrons. The van der Waals surface area contributed by atoms with Crippen molar-refractivity contribution in [1.29, 1.82) is 0 Å². The predicted molar refractivity (Wildman–Crippen MR) is 72.0 cm³/mol. The molecule has 1 fully saturated rings. The first-order valence-electron chi connectivity index (χ1n) is 6.00. The van der Waals surface area contributed by atoms with Crippen LogP contribution in [0, 0.1) is 17.3 Å². The highest BCUT2D eigenvalue weighted by Gasteiger charge is 2.65. The van der Waals surface area contributed by atoms with Gasteiger partial charge in [-0.15, -0.1) is 11.3 Å². The minimum absolute atomic E-state index is 0.0129. The fourth-order valence-electron chi connectivity index (χ4n) is 2.40. The summed E-state index contributed by atoms with van der Waals surface area (Å²) in [6.45, 7) is 3.49. The normalized spacial score (nSPS) is 23.1. The molecule has 1 saturated carbocycles. The molecule has 20 heavy (non-hydrogen) atoms. The lowest BCUT2D eigenvalue weighted by Crippen LogP contribution is -2.18. The molecule has 0 bridgehead atoms. The summed E-state index contributed by atoms with van der Waals surface area (Å²) >= 11 is 1.18. The number of amides is 2. The zero-order valence-electron chi connectivity index (χ0n) is 11.0. The molecule has 1 heterocycles. The molecular weight excluding hydrogens is 282 g/mol. The lowest BCUT2D eigenvalue weighted by atomic mass is 10.1. The molecule has 0 radical (unpaired) electrons. The molecule has 2 rings (SSSR count). The third-order valence-corrected chi connectivity index (χ3v) is 4.32. The fourth-order valence-corrected chi connectivity index (χ4v) is 3.11. The standard InChI is InChI=1S/C12H15N3O4S/c1-12(2)7(8(12)10(18)19)9(17)15-11-14-5(4-20-11)3-6(13)16/h4,7-8H,3H2,1-2H3,(H2,13,16)(H,18,19)(H,14,15,17). The number of nitrogens with one attached hydrogen (secondary N) is 1. The summed E-state index contributed by atoms with van der Waals surface area (Å²) in [5, 5.41) is 13.6. The number of primary amides is 1. The lowest BCUT2D eigenvalue weighted by molar-refractivity contribution is -0.140. The van der Waals surface area contributed by atoms with E-state index in [4.69, 9.17) is 10.8 Å². The van der Waals surface area contributed by atoms with Crippen LogP contribution in [-0.4, -0.2) is 27.9 Å². The second-order valence-electron chi connectivity index (χ2n) is 5.39. The number of aromatic nitrogens is 1. The molecule has 1 aromatic rings. The van der Waals surface area contributed by atoms with Gasteiger partial charge in [-0.1, -0.05) is 13.8 Å². The summed E-state index contributed by atoms with van der Waals surface area (Å²) in [7, 11) is 0. The van der Waals surface area contributed by atoms with Crippen LogP contribution in [0.5, 0.6) is 0 Å². The summed E-state index contributed by atoms with van der Waals surface area (Å²) in [5.41, 5.74) is 4.99. The Bertz CT molecular complexity index is 581. The van der Waals surface area contributed by atoms with E-state index >= 15 is 0 Å². The Kier molecular flexibility index (Phi) is 3.51. The van der Waals surface area contributed by atoms with Gasteiger partial charge in [0.25, 0.3) is 0 Å². The minimum Gasteiger partial charge on any atom is -0.481 e. The van der Waals surface area contributed by atoms with Crippen molar-refractivity contribution in [3.8, 4) is 0 Å². The van der Waals surface area contributed by atoms with Crippen molar-refractivity contribution >= 4 is 34.3 Å². The Hall–Kier alpha value is -1.96. The zero-order valence-corrected chi connectivity index (χ0v) is 11.9. The highest BCUT2D eigenvalue weighted by Crippen LogP contribution is 2.58. The SMILES string of the molecule is CC1(C)C(C(=O)O)C1C(=O)Nc1nc(CC(N)=O)cs1. The first-order valence-corrected chi connectivity index (χ1v) is 6.88. The van der Waals surface area contributed by atoms with E-state index < -0.39 is 29.1 Å². The van der Waals surface area contributed by atoms with Crippen LogP contribution in [0.25, 0.3) is 0 Å². The van der Waals surface area contributed by atoms with Crippen LogP contribution >= 0.6 is 11.3 Å². The van der Waals surface area contributed by atoms with Gasteiger partial charge in [0, 0.05) is 5.38 Å². The number of rotatable bonds is 5. The number of carbonyl (C=O) groups is 3. The maximum Gasteiger partial charge on any atom is 0.307 e. The smallest absolute Gasteiger partial charge is 0.307 e. The monoisotopic (exact) mass is 297 g/mol. The average molecular weight is 297 g/mol. The van der Waals surface area contributed by atoms with Crippen molar-refractivity contribution < 1.29 is 19.5 Å². The quantitative estimate of drug-likeness (QED) is 0.729. The molecule has 7 nitrogen and oxygen atoms in total. The molecule has 0 aliphatic heterocycles. The number of anilines is 1. The van der Waals surface area contributed by atoms with E-state index in [9.17, 15) is 14.4 Å². The van der Waals surface area contributed by atoms with E-state index in [0.29, 0.717) is 10.8 Å². The van der Waals surface area contributed by atoms with Gasteiger partial charge in [-0.05, 0) is 5.41 Å². The largest absolute Gasteiger partial charge is 0.481 e. The van der Waals surface area contributed by atoms with E-state index in [-0.39, 0.29) is 12.3 Å². The van der Waals surface area contributed by atoms with Gasteiger partial charge >= 0.3 is 5.97 Å². The predicted octanol–water partition coefficient (Wildman–Crippen LogP) is 0.466. The number of carboxylic acids is 1. The Morgan fingerprint density at radius 2 is 2.10 bits per heavy atom. The molecule has 4 N–H and O–H groups in total. The van der Waals surface area contributed by atoms with Crippen LogP contribution in [0.15, 0.2) is 5.38 Å². The van der Waals surface area contributed by atoms with Crippen molar-refractivity contribution in [2.24, 2.45) is 23.0 Å². The second-order valence-corrected chi connectivity index (χ2v) is 6.25. The number of thiazole rings is 1. The van der Waals surface area contributed by atoms with E-state index in [1.54, 1.807) is 19.2 Å². The Balaban J connectivity index is 2.01.